The summed E-state index contributed by atoms with van der Waals surface area (Å²) in [4.78, 5) is 109. The highest BCUT2D eigenvalue weighted by molar-refractivity contribution is 6.00. The Kier molecular flexibility index (Phi) is 20.9. The second kappa shape index (κ2) is 27.6. The lowest BCUT2D eigenvalue weighted by atomic mass is 9.90. The quantitative estimate of drug-likeness (QED) is 0.0117. The number of hydrogen-bond donors (Lipinski definition) is 3. The van der Waals surface area contributed by atoms with Gasteiger partial charge < -0.3 is 44.2 Å². The van der Waals surface area contributed by atoms with Crippen LogP contribution in [-0.2, 0) is 51.5 Å². The lowest BCUT2D eigenvalue weighted by Crippen LogP contribution is -2.49. The van der Waals surface area contributed by atoms with Crippen molar-refractivity contribution < 1.29 is 66.6 Å². The third-order valence-corrected chi connectivity index (χ3v) is 10.9. The molecular weight excluding hydrogens is 917 g/mol. The van der Waals surface area contributed by atoms with Gasteiger partial charge in [0.2, 0.25) is 12.3 Å². The number of nitrogens with one attached hydrogen (secondary N) is 3. The molecule has 0 aliphatic rings. The molecule has 0 radical (unpaired) electrons. The Bertz CT molecular complexity index is 2580. The lowest BCUT2D eigenvalue weighted by molar-refractivity contribution is -0.171. The summed E-state index contributed by atoms with van der Waals surface area (Å²) in [6.45, 7) is 6.42. The molecule has 3 atom stereocenters. The number of hydroxylamine groups is 2. The van der Waals surface area contributed by atoms with E-state index in [1.54, 1.807) is 68.4 Å². The van der Waals surface area contributed by atoms with E-state index >= 15 is 0 Å². The van der Waals surface area contributed by atoms with Crippen molar-refractivity contribution in [2.45, 2.75) is 91.5 Å². The number of nitrogens with zero attached hydrogens (tertiary/aromatic N) is 1. The summed E-state index contributed by atoms with van der Waals surface area (Å²) in [6, 6.07) is 28.7. The maximum absolute atomic E-state index is 13.8. The number of benzene rings is 4. The molecule has 5 rings (SSSR count). The Balaban J connectivity index is 1.22. The maximum Gasteiger partial charge on any atom is 0.363 e. The zero-order chi connectivity index (χ0) is 51.1. The molecule has 0 saturated carbocycles. The first-order chi connectivity index (χ1) is 34.3. The summed E-state index contributed by atoms with van der Waals surface area (Å²) in [5.41, 5.74) is 1.99. The summed E-state index contributed by atoms with van der Waals surface area (Å²) in [7, 11) is 0. The van der Waals surface area contributed by atoms with Gasteiger partial charge in [-0.1, -0.05) is 99.8 Å². The van der Waals surface area contributed by atoms with Crippen LogP contribution in [0.3, 0.4) is 0 Å². The first kappa shape index (κ1) is 53.7. The van der Waals surface area contributed by atoms with Crippen molar-refractivity contribution in [1.82, 2.24) is 21.0 Å². The third-order valence-electron chi connectivity index (χ3n) is 10.9. The zero-order valence-corrected chi connectivity index (χ0v) is 40.0. The minimum absolute atomic E-state index is 0.0354. The SMILES string of the molecule is CCCCCC(C(=O)NCNC(=O)c1ccc(-c2ccc(C(=O)NC(CC(=O)OCc3ccccc3)C(=O)OCc3ccccc3)c(OCC)c2)o1)[C@@H](CC)N(C=O)OC(=O)c1ccc(OC(C)=O)cc1. The van der Waals surface area contributed by atoms with Crippen LogP contribution < -0.4 is 25.4 Å². The molecule has 3 N–H and O–H groups in total. The van der Waals surface area contributed by atoms with E-state index in [9.17, 15) is 38.4 Å². The van der Waals surface area contributed by atoms with Crippen LogP contribution in [-0.4, -0.2) is 78.4 Å². The molecule has 0 aliphatic heterocycles. The highest BCUT2D eigenvalue weighted by atomic mass is 16.7. The highest BCUT2D eigenvalue weighted by Crippen LogP contribution is 2.30. The van der Waals surface area contributed by atoms with Gasteiger partial charge in [0.1, 0.15) is 36.5 Å². The van der Waals surface area contributed by atoms with E-state index in [-0.39, 0.29) is 67.1 Å². The Labute approximate surface area is 411 Å². The predicted molar refractivity (Wildman–Crippen MR) is 257 cm³/mol. The summed E-state index contributed by atoms with van der Waals surface area (Å²) in [6.07, 6.45) is 2.72. The van der Waals surface area contributed by atoms with Crippen LogP contribution in [0.15, 0.2) is 120 Å². The fourth-order valence-corrected chi connectivity index (χ4v) is 7.30. The van der Waals surface area contributed by atoms with Crippen LogP contribution in [0.25, 0.3) is 11.3 Å². The maximum atomic E-state index is 13.8. The Morgan fingerprint density at radius 3 is 2.04 bits per heavy atom. The van der Waals surface area contributed by atoms with Crippen LogP contribution in [0.4, 0.5) is 0 Å². The summed E-state index contributed by atoms with van der Waals surface area (Å²) in [5.74, 6) is -5.23. The van der Waals surface area contributed by atoms with E-state index in [1.165, 1.54) is 55.5 Å². The van der Waals surface area contributed by atoms with Crippen molar-refractivity contribution in [1.29, 1.82) is 0 Å². The van der Waals surface area contributed by atoms with Gasteiger partial charge in [-0.15, -0.1) is 0 Å². The van der Waals surface area contributed by atoms with Gasteiger partial charge in [-0.3, -0.25) is 28.8 Å². The van der Waals surface area contributed by atoms with Crippen LogP contribution in [0.5, 0.6) is 11.5 Å². The zero-order valence-electron chi connectivity index (χ0n) is 40.0. The number of ether oxygens (including phenoxy) is 4. The second-order valence-corrected chi connectivity index (χ2v) is 16.0. The average molecular weight is 975 g/mol. The summed E-state index contributed by atoms with van der Waals surface area (Å²) >= 11 is 0. The standard InChI is InChI=1S/C53H58N4O14/c1-5-8-11-20-41(44(6-2)57(34-58)71-52(64)38-21-24-40(25-22-38)69-35(4)59)49(61)54-33-55-51(63)46-28-27-45(70-46)39-23-26-42(47(29-39)66-7-3)50(62)56-43(53(65)68-32-37-18-14-10-15-19-37)30-48(60)67-31-36-16-12-9-13-17-36/h9-10,12-19,21-29,34,41,43-44H,5-8,11,20,30-33H2,1-4H3,(H,54,61)(H,55,63)(H,56,62)/t41?,43?,44-/m1/s1. The van der Waals surface area contributed by atoms with Gasteiger partial charge in [-0.25, -0.2) is 9.59 Å². The normalized spacial score (nSPS) is 11.9. The molecule has 374 valence electrons. The minimum Gasteiger partial charge on any atom is -0.493 e. The van der Waals surface area contributed by atoms with Crippen molar-refractivity contribution in [2.75, 3.05) is 13.3 Å². The molecular formula is C53H58N4O14. The number of esters is 3. The Morgan fingerprint density at radius 2 is 1.42 bits per heavy atom. The fraction of sp³-hybridized carbons (Fsp3) is 0.321. The van der Waals surface area contributed by atoms with E-state index in [1.807, 2.05) is 19.1 Å². The van der Waals surface area contributed by atoms with E-state index < -0.39 is 66.0 Å². The number of rotatable bonds is 27. The van der Waals surface area contributed by atoms with E-state index in [0.717, 1.165) is 23.5 Å². The Morgan fingerprint density at radius 1 is 0.746 bits per heavy atom. The van der Waals surface area contributed by atoms with Crippen LogP contribution in [0.2, 0.25) is 0 Å². The molecule has 1 heterocycles. The minimum atomic E-state index is -1.41. The van der Waals surface area contributed by atoms with Gasteiger partial charge in [0, 0.05) is 12.5 Å². The van der Waals surface area contributed by atoms with Gasteiger partial charge in [-0.2, -0.15) is 5.06 Å². The van der Waals surface area contributed by atoms with Crippen LogP contribution in [0, 0.1) is 5.92 Å². The largest absolute Gasteiger partial charge is 0.493 e. The van der Waals surface area contributed by atoms with Gasteiger partial charge in [-0.05, 0) is 79.4 Å². The number of furan rings is 1. The summed E-state index contributed by atoms with van der Waals surface area (Å²) < 4.78 is 27.6. The molecule has 2 unspecified atom stereocenters. The van der Waals surface area contributed by atoms with Crippen molar-refractivity contribution in [3.8, 4) is 22.8 Å². The second-order valence-electron chi connectivity index (χ2n) is 16.0. The van der Waals surface area contributed by atoms with Crippen molar-refractivity contribution in [3.05, 3.63) is 143 Å². The molecule has 0 fully saturated rings. The molecule has 18 heteroatoms. The van der Waals surface area contributed by atoms with Crippen LogP contribution >= 0.6 is 0 Å². The van der Waals surface area contributed by atoms with Crippen molar-refractivity contribution >= 4 is 48.0 Å². The van der Waals surface area contributed by atoms with Gasteiger partial charge in [0.15, 0.2) is 5.76 Å². The molecule has 0 bridgehead atoms. The molecule has 4 amide bonds. The smallest absolute Gasteiger partial charge is 0.363 e. The van der Waals surface area contributed by atoms with E-state index in [2.05, 4.69) is 16.0 Å². The number of hydrogen-bond acceptors (Lipinski definition) is 14. The average Bonchev–Trinajstić information content (AvgIpc) is 3.88. The van der Waals surface area contributed by atoms with Gasteiger partial charge in [0.05, 0.1) is 42.8 Å². The number of unbranched alkanes of at least 4 members (excludes halogenated alkanes) is 2. The monoisotopic (exact) mass is 974 g/mol. The molecule has 18 nitrogen and oxygen atoms in total. The first-order valence-electron chi connectivity index (χ1n) is 23.2. The van der Waals surface area contributed by atoms with Crippen LogP contribution in [0.1, 0.15) is 109 Å². The number of carbonyl (C=O) groups excluding carboxylic acids is 8. The van der Waals surface area contributed by atoms with Crippen molar-refractivity contribution in [2.24, 2.45) is 5.92 Å². The van der Waals surface area contributed by atoms with Gasteiger partial charge >= 0.3 is 23.9 Å². The van der Waals surface area contributed by atoms with E-state index in [4.69, 9.17) is 28.2 Å². The molecule has 4 aromatic carbocycles. The van der Waals surface area contributed by atoms with E-state index in [0.29, 0.717) is 30.4 Å². The number of carbonyl (C=O) groups is 8. The predicted octanol–water partition coefficient (Wildman–Crippen LogP) is 7.25. The molecule has 0 aliphatic carbocycles. The topological polar surface area (TPSA) is 235 Å². The van der Waals surface area contributed by atoms with Gasteiger partial charge in [0.25, 0.3) is 11.8 Å². The number of amides is 4. The lowest BCUT2D eigenvalue weighted by Gasteiger charge is -2.31. The Hall–Kier alpha value is -8.28. The fourth-order valence-electron chi connectivity index (χ4n) is 7.30. The molecule has 0 spiro atoms. The first-order valence-corrected chi connectivity index (χ1v) is 23.2. The molecule has 5 aromatic rings. The molecule has 0 saturated heterocycles. The molecule has 1 aromatic heterocycles. The highest BCUT2D eigenvalue weighted by Gasteiger charge is 2.34. The van der Waals surface area contributed by atoms with Crippen molar-refractivity contribution in [3.63, 3.8) is 0 Å². The molecule has 71 heavy (non-hydrogen) atoms. The third kappa shape index (κ3) is 16.4. The summed E-state index contributed by atoms with van der Waals surface area (Å²) in [5, 5.41) is 8.74.